The Morgan fingerprint density at radius 2 is 1.76 bits per heavy atom. The topological polar surface area (TPSA) is 71.5 Å². The molecule has 0 spiro atoms. The van der Waals surface area contributed by atoms with Crippen molar-refractivity contribution in [2.24, 2.45) is 0 Å². The number of hydrogen-bond donors (Lipinski definition) is 0. The zero-order chi connectivity index (χ0) is 16.6. The van der Waals surface area contributed by atoms with Crippen LogP contribution in [0.1, 0.15) is 13.8 Å². The molecule has 0 aliphatic heterocycles. The van der Waals surface area contributed by atoms with Gasteiger partial charge in [-0.3, -0.25) is 0 Å². The lowest BCUT2D eigenvalue weighted by atomic mass is 10.1. The molecule has 0 N–H and O–H groups in total. The third-order valence-corrected chi connectivity index (χ3v) is 7.00. The normalized spacial score (nSPS) is 13.7. The molecule has 0 bridgehead atoms. The van der Waals surface area contributed by atoms with Crippen LogP contribution in [0.5, 0.6) is 0 Å². The van der Waals surface area contributed by atoms with Crippen molar-refractivity contribution in [3.63, 3.8) is 0 Å². The van der Waals surface area contributed by atoms with Crippen LogP contribution >= 0.6 is 11.6 Å². The third kappa shape index (κ3) is 3.74. The van der Waals surface area contributed by atoms with Gasteiger partial charge in [-0.2, -0.15) is 4.31 Å². The second kappa shape index (κ2) is 5.83. The molecule has 0 saturated carbocycles. The summed E-state index contributed by atoms with van der Waals surface area (Å²) in [4.78, 5) is -0.953. The number of sulfone groups is 1. The number of sulfonamides is 1. The average molecular weight is 358 g/mol. The van der Waals surface area contributed by atoms with Crippen LogP contribution in [-0.2, 0) is 19.9 Å². The van der Waals surface area contributed by atoms with Crippen LogP contribution in [0.15, 0.2) is 28.0 Å². The lowest BCUT2D eigenvalue weighted by Gasteiger charge is -2.32. The quantitative estimate of drug-likeness (QED) is 0.595. The van der Waals surface area contributed by atoms with E-state index in [-0.39, 0.29) is 10.8 Å². The fourth-order valence-corrected chi connectivity index (χ4v) is 4.04. The van der Waals surface area contributed by atoms with Crippen molar-refractivity contribution in [3.05, 3.63) is 24.0 Å². The Bertz CT molecular complexity index is 745. The largest absolute Gasteiger partial charge is 0.246 e. The van der Waals surface area contributed by atoms with Gasteiger partial charge >= 0.3 is 0 Å². The SMILES string of the molecule is CN(C(C)(C)CCl)S(=O)(=O)c1cc(S(C)(=O)=O)ccc1F. The van der Waals surface area contributed by atoms with E-state index in [4.69, 9.17) is 11.6 Å². The van der Waals surface area contributed by atoms with E-state index in [0.717, 1.165) is 28.8 Å². The molecule has 0 fully saturated rings. The van der Waals surface area contributed by atoms with Crippen molar-refractivity contribution in [2.75, 3.05) is 19.2 Å². The van der Waals surface area contributed by atoms with Crippen LogP contribution in [-0.4, -0.2) is 45.9 Å². The summed E-state index contributed by atoms with van der Waals surface area (Å²) >= 11 is 5.73. The zero-order valence-corrected chi connectivity index (χ0v) is 14.5. The fourth-order valence-electron chi connectivity index (χ4n) is 1.47. The second-order valence-corrected chi connectivity index (χ2v) is 9.50. The monoisotopic (exact) mass is 357 g/mol. The molecule has 0 radical (unpaired) electrons. The standard InChI is InChI=1S/C12H17ClFNO4S2/c1-12(2,8-13)15(3)21(18,19)11-7-9(20(4,16)17)5-6-10(11)14/h5-7H,8H2,1-4H3. The molecule has 0 saturated heterocycles. The van der Waals surface area contributed by atoms with Gasteiger partial charge in [0.05, 0.1) is 4.90 Å². The van der Waals surface area contributed by atoms with Gasteiger partial charge < -0.3 is 0 Å². The number of halogens is 2. The summed E-state index contributed by atoms with van der Waals surface area (Å²) in [5.74, 6) is -1.02. The molecule has 0 amide bonds. The highest BCUT2D eigenvalue weighted by molar-refractivity contribution is 7.91. The van der Waals surface area contributed by atoms with E-state index in [0.29, 0.717) is 0 Å². The van der Waals surface area contributed by atoms with Gasteiger partial charge in [-0.05, 0) is 32.0 Å². The van der Waals surface area contributed by atoms with Gasteiger partial charge in [0.1, 0.15) is 10.7 Å². The van der Waals surface area contributed by atoms with Crippen LogP contribution in [0.4, 0.5) is 4.39 Å². The molecule has 9 heteroatoms. The Morgan fingerprint density at radius 1 is 1.24 bits per heavy atom. The fraction of sp³-hybridized carbons (Fsp3) is 0.500. The van der Waals surface area contributed by atoms with E-state index >= 15 is 0 Å². The molecule has 21 heavy (non-hydrogen) atoms. The molecule has 0 aromatic heterocycles. The molecular formula is C12H17ClFNO4S2. The number of hydrogen-bond acceptors (Lipinski definition) is 4. The first-order chi connectivity index (χ1) is 9.34. The predicted octanol–water partition coefficient (Wildman–Crippen LogP) is 1.87. The Morgan fingerprint density at radius 3 is 2.19 bits per heavy atom. The summed E-state index contributed by atoms with van der Waals surface area (Å²) in [5, 5.41) is 0. The number of rotatable bonds is 5. The summed E-state index contributed by atoms with van der Waals surface area (Å²) in [7, 11) is -6.59. The molecule has 5 nitrogen and oxygen atoms in total. The van der Waals surface area contributed by atoms with E-state index in [9.17, 15) is 21.2 Å². The van der Waals surface area contributed by atoms with Gasteiger partial charge in [0.25, 0.3) is 0 Å². The van der Waals surface area contributed by atoms with E-state index < -0.39 is 36.1 Å². The molecule has 120 valence electrons. The highest BCUT2D eigenvalue weighted by atomic mass is 35.5. The minimum Gasteiger partial charge on any atom is -0.224 e. The molecule has 1 rings (SSSR count). The molecule has 0 heterocycles. The summed E-state index contributed by atoms with van der Waals surface area (Å²) in [6.45, 7) is 3.16. The van der Waals surface area contributed by atoms with E-state index in [1.807, 2.05) is 0 Å². The van der Waals surface area contributed by atoms with Crippen LogP contribution in [0, 0.1) is 5.82 Å². The van der Waals surface area contributed by atoms with Crippen molar-refractivity contribution >= 4 is 31.5 Å². The average Bonchev–Trinajstić information content (AvgIpc) is 2.36. The van der Waals surface area contributed by atoms with Gasteiger partial charge in [-0.25, -0.2) is 21.2 Å². The summed E-state index contributed by atoms with van der Waals surface area (Å²) in [6.07, 6.45) is 0.920. The van der Waals surface area contributed by atoms with Gasteiger partial charge in [0.2, 0.25) is 10.0 Å². The lowest BCUT2D eigenvalue weighted by Crippen LogP contribution is -2.46. The maximum absolute atomic E-state index is 13.9. The summed E-state index contributed by atoms with van der Waals surface area (Å²) in [6, 6.07) is 2.67. The Kier molecular flexibility index (Phi) is 5.09. The minimum atomic E-state index is -4.21. The van der Waals surface area contributed by atoms with Crippen molar-refractivity contribution in [2.45, 2.75) is 29.2 Å². The van der Waals surface area contributed by atoms with Gasteiger partial charge in [-0.1, -0.05) is 0 Å². The first kappa shape index (κ1) is 18.3. The number of nitrogens with zero attached hydrogens (tertiary/aromatic N) is 1. The molecule has 0 aliphatic rings. The van der Waals surface area contributed by atoms with Crippen molar-refractivity contribution < 1.29 is 21.2 Å². The Labute approximate surface area is 129 Å². The molecule has 0 aliphatic carbocycles. The summed E-state index contributed by atoms with van der Waals surface area (Å²) < 4.78 is 62.7. The third-order valence-electron chi connectivity index (χ3n) is 3.15. The van der Waals surface area contributed by atoms with E-state index in [1.54, 1.807) is 13.8 Å². The van der Waals surface area contributed by atoms with Crippen molar-refractivity contribution in [3.8, 4) is 0 Å². The van der Waals surface area contributed by atoms with Crippen LogP contribution in [0.3, 0.4) is 0 Å². The van der Waals surface area contributed by atoms with Crippen LogP contribution < -0.4 is 0 Å². The van der Waals surface area contributed by atoms with Crippen LogP contribution in [0.25, 0.3) is 0 Å². The molecule has 1 aromatic rings. The second-order valence-electron chi connectivity index (χ2n) is 5.28. The predicted molar refractivity (Wildman–Crippen MR) is 79.3 cm³/mol. The lowest BCUT2D eigenvalue weighted by molar-refractivity contribution is 0.294. The van der Waals surface area contributed by atoms with Crippen molar-refractivity contribution in [1.29, 1.82) is 0 Å². The summed E-state index contributed by atoms with van der Waals surface area (Å²) in [5.41, 5.74) is -0.950. The Balaban J connectivity index is 3.53. The van der Waals surface area contributed by atoms with Crippen molar-refractivity contribution in [1.82, 2.24) is 4.31 Å². The van der Waals surface area contributed by atoms with Crippen LogP contribution in [0.2, 0.25) is 0 Å². The first-order valence-electron chi connectivity index (χ1n) is 5.88. The maximum atomic E-state index is 13.9. The maximum Gasteiger partial charge on any atom is 0.246 e. The first-order valence-corrected chi connectivity index (χ1v) is 9.75. The molecule has 0 unspecified atom stereocenters. The van der Waals surface area contributed by atoms with Gasteiger partial charge in [0, 0.05) is 24.7 Å². The number of benzene rings is 1. The Hall–Kier alpha value is -0.700. The smallest absolute Gasteiger partial charge is 0.224 e. The zero-order valence-electron chi connectivity index (χ0n) is 12.1. The number of alkyl halides is 1. The highest BCUT2D eigenvalue weighted by Gasteiger charge is 2.35. The van der Waals surface area contributed by atoms with E-state index in [2.05, 4.69) is 0 Å². The highest BCUT2D eigenvalue weighted by Crippen LogP contribution is 2.27. The molecular weight excluding hydrogens is 341 g/mol. The van der Waals surface area contributed by atoms with Gasteiger partial charge in [-0.15, -0.1) is 11.6 Å². The minimum absolute atomic E-state index is 0.00385. The van der Waals surface area contributed by atoms with E-state index in [1.165, 1.54) is 7.05 Å². The molecule has 0 atom stereocenters. The molecule has 1 aromatic carbocycles. The van der Waals surface area contributed by atoms with Gasteiger partial charge in [0.15, 0.2) is 9.84 Å².